The highest BCUT2D eigenvalue weighted by Crippen LogP contribution is 2.21. The molecule has 0 radical (unpaired) electrons. The normalized spacial score (nSPS) is 17.0. The van der Waals surface area contributed by atoms with Gasteiger partial charge in [0.2, 0.25) is 5.88 Å². The van der Waals surface area contributed by atoms with Crippen molar-refractivity contribution in [2.24, 2.45) is 11.1 Å². The average Bonchev–Trinajstić information content (AvgIpc) is 2.54. The van der Waals surface area contributed by atoms with Crippen molar-refractivity contribution in [3.8, 4) is 5.88 Å². The molecule has 0 bridgehead atoms. The van der Waals surface area contributed by atoms with Crippen molar-refractivity contribution in [1.82, 2.24) is 14.6 Å². The van der Waals surface area contributed by atoms with E-state index < -0.39 is 10.2 Å². The second-order valence-electron chi connectivity index (χ2n) is 5.49. The van der Waals surface area contributed by atoms with Crippen LogP contribution in [0.15, 0.2) is 18.3 Å². The third-order valence-electron chi connectivity index (χ3n) is 3.98. The number of carbonyl (C=O) groups excluding carboxylic acids is 1. The summed E-state index contributed by atoms with van der Waals surface area (Å²) in [5, 5.41) is 7.96. The highest BCUT2D eigenvalue weighted by atomic mass is 32.2. The van der Waals surface area contributed by atoms with Gasteiger partial charge in [-0.25, -0.2) is 10.1 Å². The number of pyridine rings is 1. The first-order valence-electron chi connectivity index (χ1n) is 7.47. The van der Waals surface area contributed by atoms with E-state index in [0.717, 1.165) is 19.3 Å². The van der Waals surface area contributed by atoms with Crippen LogP contribution >= 0.6 is 0 Å². The number of ether oxygens (including phenoxy) is 1. The third-order valence-corrected chi connectivity index (χ3v) is 5.07. The van der Waals surface area contributed by atoms with Crippen molar-refractivity contribution in [2.75, 3.05) is 26.7 Å². The molecule has 23 heavy (non-hydrogen) atoms. The minimum atomic E-state index is -3.58. The number of methoxy groups -OCH3 is 1. The van der Waals surface area contributed by atoms with Crippen molar-refractivity contribution in [3.63, 3.8) is 0 Å². The minimum absolute atomic E-state index is 0.225. The zero-order chi connectivity index (χ0) is 16.9. The molecular weight excluding hydrogens is 320 g/mol. The number of carbonyl (C=O) groups is 1. The number of amides is 1. The quantitative estimate of drug-likeness (QED) is 0.762. The fraction of sp³-hybridized carbons (Fsp3) is 0.571. The smallest absolute Gasteiger partial charge is 0.276 e. The molecule has 8 nitrogen and oxygen atoms in total. The summed E-state index contributed by atoms with van der Waals surface area (Å²) in [4.78, 5) is 16.1. The minimum Gasteiger partial charge on any atom is -0.480 e. The predicted octanol–water partition coefficient (Wildman–Crippen LogP) is 0.126. The lowest BCUT2D eigenvalue weighted by molar-refractivity contribution is 0.0946. The molecule has 1 fully saturated rings. The molecule has 1 aliphatic heterocycles. The third kappa shape index (κ3) is 4.88. The summed E-state index contributed by atoms with van der Waals surface area (Å²) >= 11 is 0. The van der Waals surface area contributed by atoms with Crippen LogP contribution in [0.25, 0.3) is 0 Å². The van der Waals surface area contributed by atoms with Gasteiger partial charge >= 0.3 is 0 Å². The van der Waals surface area contributed by atoms with Gasteiger partial charge in [0.15, 0.2) is 0 Å². The molecule has 1 aromatic heterocycles. The van der Waals surface area contributed by atoms with Gasteiger partial charge in [0.1, 0.15) is 5.56 Å². The summed E-state index contributed by atoms with van der Waals surface area (Å²) in [6, 6.07) is 3.34. The molecule has 2 rings (SSSR count). The molecule has 0 aliphatic carbocycles. The first-order chi connectivity index (χ1) is 10.9. The molecule has 1 saturated heterocycles. The van der Waals surface area contributed by atoms with Gasteiger partial charge in [-0.05, 0) is 37.3 Å². The van der Waals surface area contributed by atoms with E-state index >= 15 is 0 Å². The standard InChI is InChI=1S/C14H22N4O4S/c1-22-14-12(3-2-7-17-14)13(19)16-8-4-11-5-9-18(10-6-11)23(15,20)21/h2-3,7,11H,4-6,8-10H2,1H3,(H,16,19)(H2,15,20,21). The van der Waals surface area contributed by atoms with E-state index in [1.165, 1.54) is 11.4 Å². The number of nitrogens with zero attached hydrogens (tertiary/aromatic N) is 2. The van der Waals surface area contributed by atoms with E-state index in [4.69, 9.17) is 9.88 Å². The first kappa shape index (κ1) is 17.6. The predicted molar refractivity (Wildman–Crippen MR) is 85.1 cm³/mol. The largest absolute Gasteiger partial charge is 0.480 e. The molecule has 1 amide bonds. The Bertz CT molecular complexity index is 642. The summed E-state index contributed by atoms with van der Waals surface area (Å²) in [7, 11) is -2.11. The van der Waals surface area contributed by atoms with Crippen LogP contribution in [0, 0.1) is 5.92 Å². The molecule has 1 aromatic rings. The van der Waals surface area contributed by atoms with Crippen LogP contribution in [0.5, 0.6) is 5.88 Å². The first-order valence-corrected chi connectivity index (χ1v) is 8.97. The molecule has 3 N–H and O–H groups in total. The summed E-state index contributed by atoms with van der Waals surface area (Å²) in [5.74, 6) is 0.451. The molecule has 0 atom stereocenters. The van der Waals surface area contributed by atoms with Crippen LogP contribution in [0.2, 0.25) is 0 Å². The number of rotatable bonds is 6. The van der Waals surface area contributed by atoms with Crippen molar-refractivity contribution < 1.29 is 17.9 Å². The lowest BCUT2D eigenvalue weighted by atomic mass is 9.95. The molecule has 0 unspecified atom stereocenters. The van der Waals surface area contributed by atoms with Gasteiger partial charge in [0, 0.05) is 25.8 Å². The maximum absolute atomic E-state index is 12.1. The van der Waals surface area contributed by atoms with E-state index in [1.807, 2.05) is 0 Å². The summed E-state index contributed by atoms with van der Waals surface area (Å²) in [6.45, 7) is 1.40. The Balaban J connectivity index is 1.77. The molecule has 1 aliphatic rings. The van der Waals surface area contributed by atoms with Crippen LogP contribution in [0.1, 0.15) is 29.6 Å². The van der Waals surface area contributed by atoms with Crippen molar-refractivity contribution in [1.29, 1.82) is 0 Å². The Morgan fingerprint density at radius 3 is 2.78 bits per heavy atom. The number of hydrogen-bond acceptors (Lipinski definition) is 5. The monoisotopic (exact) mass is 342 g/mol. The number of nitrogens with two attached hydrogens (primary N) is 1. The topological polar surface area (TPSA) is 115 Å². The SMILES string of the molecule is COc1ncccc1C(=O)NCCC1CCN(S(N)(=O)=O)CC1. The fourth-order valence-corrected chi connectivity index (χ4v) is 3.38. The second kappa shape index (κ2) is 7.71. The highest BCUT2D eigenvalue weighted by molar-refractivity contribution is 7.86. The van der Waals surface area contributed by atoms with Crippen LogP contribution in [-0.2, 0) is 10.2 Å². The fourth-order valence-electron chi connectivity index (χ4n) is 2.66. The van der Waals surface area contributed by atoms with Gasteiger partial charge in [-0.15, -0.1) is 0 Å². The zero-order valence-corrected chi connectivity index (χ0v) is 13.9. The maximum atomic E-state index is 12.1. The highest BCUT2D eigenvalue weighted by Gasteiger charge is 2.25. The van der Waals surface area contributed by atoms with E-state index in [9.17, 15) is 13.2 Å². The number of hydrogen-bond donors (Lipinski definition) is 2. The Hall–Kier alpha value is -1.71. The number of aromatic nitrogens is 1. The van der Waals surface area contributed by atoms with E-state index in [1.54, 1.807) is 18.3 Å². The maximum Gasteiger partial charge on any atom is 0.276 e. The molecule has 128 valence electrons. The number of piperidine rings is 1. The van der Waals surface area contributed by atoms with Crippen molar-refractivity contribution in [3.05, 3.63) is 23.9 Å². The molecule has 2 heterocycles. The lowest BCUT2D eigenvalue weighted by Crippen LogP contribution is -2.42. The van der Waals surface area contributed by atoms with Crippen LogP contribution in [0.3, 0.4) is 0 Å². The summed E-state index contributed by atoms with van der Waals surface area (Å²) in [6.07, 6.45) is 3.87. The van der Waals surface area contributed by atoms with Crippen molar-refractivity contribution >= 4 is 16.1 Å². The molecule has 0 aromatic carbocycles. The zero-order valence-electron chi connectivity index (χ0n) is 13.1. The van der Waals surface area contributed by atoms with E-state index in [2.05, 4.69) is 10.3 Å². The number of nitrogens with one attached hydrogen (secondary N) is 1. The van der Waals surface area contributed by atoms with Crippen LogP contribution in [-0.4, -0.2) is 50.4 Å². The van der Waals surface area contributed by atoms with Crippen LogP contribution < -0.4 is 15.2 Å². The van der Waals surface area contributed by atoms with Gasteiger partial charge in [-0.2, -0.15) is 12.7 Å². The Labute approximate surface area is 136 Å². The summed E-state index contributed by atoms with van der Waals surface area (Å²) in [5.41, 5.74) is 0.402. The second-order valence-corrected chi connectivity index (χ2v) is 7.04. The summed E-state index contributed by atoms with van der Waals surface area (Å²) < 4.78 is 28.8. The molecular formula is C14H22N4O4S. The van der Waals surface area contributed by atoms with Gasteiger partial charge in [0.25, 0.3) is 16.1 Å². The van der Waals surface area contributed by atoms with Gasteiger partial charge in [0.05, 0.1) is 7.11 Å². The molecule has 0 saturated carbocycles. The van der Waals surface area contributed by atoms with E-state index in [0.29, 0.717) is 37.0 Å². The van der Waals surface area contributed by atoms with Crippen LogP contribution in [0.4, 0.5) is 0 Å². The average molecular weight is 342 g/mol. The Kier molecular flexibility index (Phi) is 5.91. The molecule has 0 spiro atoms. The molecule has 9 heteroatoms. The van der Waals surface area contributed by atoms with Crippen molar-refractivity contribution in [2.45, 2.75) is 19.3 Å². The lowest BCUT2D eigenvalue weighted by Gasteiger charge is -2.29. The van der Waals surface area contributed by atoms with E-state index in [-0.39, 0.29) is 5.91 Å². The van der Waals surface area contributed by atoms with Gasteiger partial charge < -0.3 is 10.1 Å². The van der Waals surface area contributed by atoms with Gasteiger partial charge in [-0.1, -0.05) is 0 Å². The Morgan fingerprint density at radius 1 is 1.48 bits per heavy atom. The van der Waals surface area contributed by atoms with Gasteiger partial charge in [-0.3, -0.25) is 4.79 Å². The Morgan fingerprint density at radius 2 is 2.17 bits per heavy atom.